The first-order valence-corrected chi connectivity index (χ1v) is 7.30. The summed E-state index contributed by atoms with van der Waals surface area (Å²) in [6.45, 7) is 0.983. The van der Waals surface area contributed by atoms with E-state index in [4.69, 9.17) is 0 Å². The van der Waals surface area contributed by atoms with Gasteiger partial charge in [0.15, 0.2) is 12.8 Å². The van der Waals surface area contributed by atoms with E-state index in [1.165, 1.54) is 31.3 Å². The molecule has 0 amide bonds. The van der Waals surface area contributed by atoms with Gasteiger partial charge >= 0.3 is 0 Å². The summed E-state index contributed by atoms with van der Waals surface area (Å²) in [5, 5.41) is 4.06. The summed E-state index contributed by atoms with van der Waals surface area (Å²) in [6, 6.07) is 13.1. The fraction of sp³-hybridized carbons (Fsp3) is 0.118. The van der Waals surface area contributed by atoms with E-state index in [1.807, 2.05) is 11.3 Å². The Labute approximate surface area is 116 Å². The molecule has 3 aromatic rings. The van der Waals surface area contributed by atoms with Gasteiger partial charge in [0, 0.05) is 15.6 Å². The van der Waals surface area contributed by atoms with Crippen molar-refractivity contribution >= 4 is 44.5 Å². The lowest BCUT2D eigenvalue weighted by atomic mass is 10.0. The number of likely N-dealkylation sites (N-methyl/N-ethyl adjacent to an activating group) is 1. The molecule has 0 unspecified atom stereocenters. The van der Waals surface area contributed by atoms with Crippen LogP contribution in [0.25, 0.3) is 26.9 Å². The van der Waals surface area contributed by atoms with Crippen LogP contribution >= 0.6 is 11.3 Å². The number of fused-ring (bicyclic) bond motifs is 5. The minimum atomic E-state index is 0.983. The summed E-state index contributed by atoms with van der Waals surface area (Å²) in [5.41, 5.74) is 1.37. The molecule has 4 rings (SSSR count). The molecule has 1 aliphatic rings. The minimum absolute atomic E-state index is 0.983. The number of thiophene rings is 1. The van der Waals surface area contributed by atoms with Gasteiger partial charge in [-0.2, -0.15) is 0 Å². The predicted octanol–water partition coefficient (Wildman–Crippen LogP) is 4.14. The normalized spacial score (nSPS) is 14.5. The van der Waals surface area contributed by atoms with Crippen LogP contribution in [0.5, 0.6) is 0 Å². The zero-order chi connectivity index (χ0) is 12.8. The number of nitrogens with zero attached hydrogens (tertiary/aromatic N) is 1. The molecule has 0 radical (unpaired) electrons. The molecule has 0 spiro atoms. The molecule has 1 aromatic heterocycles. The summed E-state index contributed by atoms with van der Waals surface area (Å²) in [7, 11) is 2.13. The Morgan fingerprint density at radius 1 is 1.05 bits per heavy atom. The summed E-state index contributed by atoms with van der Waals surface area (Å²) >= 11 is 1.90. The summed E-state index contributed by atoms with van der Waals surface area (Å²) in [6.07, 6.45) is 6.77. The highest BCUT2D eigenvalue weighted by molar-refractivity contribution is 7.21. The highest BCUT2D eigenvalue weighted by Gasteiger charge is 2.15. The predicted molar refractivity (Wildman–Crippen MR) is 84.6 cm³/mol. The highest BCUT2D eigenvalue weighted by Crippen LogP contribution is 2.36. The van der Waals surface area contributed by atoms with Crippen molar-refractivity contribution < 1.29 is 4.58 Å². The van der Waals surface area contributed by atoms with Crippen LogP contribution in [-0.2, 0) is 0 Å². The summed E-state index contributed by atoms with van der Waals surface area (Å²) in [5.74, 6) is 0. The molecule has 0 atom stereocenters. The highest BCUT2D eigenvalue weighted by atomic mass is 32.1. The SMILES string of the molecule is C[N+]1=Cc2sc3c(ccc4ccccc43)c2C=CC1. The van der Waals surface area contributed by atoms with Crippen LogP contribution in [0.4, 0.5) is 0 Å². The lowest BCUT2D eigenvalue weighted by molar-refractivity contribution is -0.480. The number of benzene rings is 2. The van der Waals surface area contributed by atoms with Crippen molar-refractivity contribution in [2.24, 2.45) is 0 Å². The molecule has 0 fully saturated rings. The van der Waals surface area contributed by atoms with Gasteiger partial charge in [-0.25, -0.2) is 4.58 Å². The third-order valence-corrected chi connectivity index (χ3v) is 4.85. The number of hydrogen-bond donors (Lipinski definition) is 0. The van der Waals surface area contributed by atoms with Gasteiger partial charge in [0.2, 0.25) is 0 Å². The summed E-state index contributed by atoms with van der Waals surface area (Å²) < 4.78 is 3.64. The van der Waals surface area contributed by atoms with E-state index in [9.17, 15) is 0 Å². The first kappa shape index (κ1) is 10.9. The van der Waals surface area contributed by atoms with E-state index in [2.05, 4.69) is 66.4 Å². The van der Waals surface area contributed by atoms with E-state index >= 15 is 0 Å². The molecule has 0 bridgehead atoms. The molecule has 0 saturated heterocycles. The molecule has 19 heavy (non-hydrogen) atoms. The van der Waals surface area contributed by atoms with Crippen LogP contribution in [-0.4, -0.2) is 24.4 Å². The smallest absolute Gasteiger partial charge is 0.181 e. The van der Waals surface area contributed by atoms with Crippen molar-refractivity contribution in [1.82, 2.24) is 0 Å². The third kappa shape index (κ3) is 1.64. The minimum Gasteiger partial charge on any atom is -0.234 e. The molecular formula is C17H14NS+. The van der Waals surface area contributed by atoms with E-state index < -0.39 is 0 Å². The summed E-state index contributed by atoms with van der Waals surface area (Å²) in [4.78, 5) is 1.36. The van der Waals surface area contributed by atoms with E-state index in [1.54, 1.807) is 0 Å². The average molecular weight is 264 g/mol. The molecule has 1 nitrogen and oxygen atoms in total. The fourth-order valence-electron chi connectivity index (χ4n) is 2.72. The second-order valence-electron chi connectivity index (χ2n) is 5.01. The van der Waals surface area contributed by atoms with E-state index in [-0.39, 0.29) is 0 Å². The molecule has 2 heteroatoms. The van der Waals surface area contributed by atoms with E-state index in [0.717, 1.165) is 6.54 Å². The van der Waals surface area contributed by atoms with Crippen LogP contribution in [0.2, 0.25) is 0 Å². The van der Waals surface area contributed by atoms with Crippen LogP contribution in [0.15, 0.2) is 42.5 Å². The Morgan fingerprint density at radius 3 is 2.89 bits per heavy atom. The van der Waals surface area contributed by atoms with Gasteiger partial charge < -0.3 is 0 Å². The zero-order valence-corrected chi connectivity index (χ0v) is 11.6. The molecule has 0 saturated carbocycles. The number of hydrogen-bond acceptors (Lipinski definition) is 1. The van der Waals surface area contributed by atoms with Crippen molar-refractivity contribution in [3.05, 3.63) is 52.9 Å². The largest absolute Gasteiger partial charge is 0.234 e. The lowest BCUT2D eigenvalue weighted by Crippen LogP contribution is -2.05. The maximum Gasteiger partial charge on any atom is 0.181 e. The average Bonchev–Trinajstić information content (AvgIpc) is 2.66. The maximum absolute atomic E-state index is 2.27. The van der Waals surface area contributed by atoms with Gasteiger partial charge in [0.05, 0.1) is 4.88 Å². The van der Waals surface area contributed by atoms with Crippen LogP contribution in [0, 0.1) is 0 Å². The second-order valence-corrected chi connectivity index (χ2v) is 6.07. The van der Waals surface area contributed by atoms with E-state index in [0.29, 0.717) is 0 Å². The van der Waals surface area contributed by atoms with Gasteiger partial charge in [-0.3, -0.25) is 0 Å². The third-order valence-electron chi connectivity index (χ3n) is 3.66. The van der Waals surface area contributed by atoms with Gasteiger partial charge in [0.25, 0.3) is 0 Å². The number of rotatable bonds is 0. The molecule has 2 heterocycles. The molecule has 0 aliphatic carbocycles. The standard InChI is InChI=1S/C17H14NS/c1-18-10-4-7-14-15-9-8-12-5-2-3-6-13(12)17(15)19-16(14)11-18/h2-9,11H,10H2,1H3/q+1. The van der Waals surface area contributed by atoms with Gasteiger partial charge in [-0.1, -0.05) is 42.5 Å². The Kier molecular flexibility index (Phi) is 2.32. The van der Waals surface area contributed by atoms with Crippen LogP contribution in [0.1, 0.15) is 10.4 Å². The molecule has 2 aromatic carbocycles. The molecular weight excluding hydrogens is 250 g/mol. The lowest BCUT2D eigenvalue weighted by Gasteiger charge is -1.99. The van der Waals surface area contributed by atoms with Crippen molar-refractivity contribution in [1.29, 1.82) is 0 Å². The monoisotopic (exact) mass is 264 g/mol. The first-order chi connectivity index (χ1) is 9.33. The molecule has 1 aliphatic heterocycles. The fourth-order valence-corrected chi connectivity index (χ4v) is 4.04. The van der Waals surface area contributed by atoms with Crippen molar-refractivity contribution in [2.45, 2.75) is 0 Å². The van der Waals surface area contributed by atoms with Gasteiger partial charge in [-0.05, 0) is 16.8 Å². The topological polar surface area (TPSA) is 3.01 Å². The van der Waals surface area contributed by atoms with Gasteiger partial charge in [0.1, 0.15) is 7.05 Å². The first-order valence-electron chi connectivity index (χ1n) is 6.49. The second kappa shape index (κ2) is 4.04. The van der Waals surface area contributed by atoms with Crippen molar-refractivity contribution in [3.8, 4) is 0 Å². The van der Waals surface area contributed by atoms with Crippen molar-refractivity contribution in [3.63, 3.8) is 0 Å². The van der Waals surface area contributed by atoms with Crippen molar-refractivity contribution in [2.75, 3.05) is 13.6 Å². The maximum atomic E-state index is 2.27. The zero-order valence-electron chi connectivity index (χ0n) is 10.8. The van der Waals surface area contributed by atoms with Crippen LogP contribution < -0.4 is 0 Å². The van der Waals surface area contributed by atoms with Gasteiger partial charge in [-0.15, -0.1) is 11.3 Å². The Bertz CT molecular complexity index is 852. The Morgan fingerprint density at radius 2 is 1.95 bits per heavy atom. The quantitative estimate of drug-likeness (QED) is 0.537. The molecule has 0 N–H and O–H groups in total. The van der Waals surface area contributed by atoms with Crippen LogP contribution in [0.3, 0.4) is 0 Å². The Balaban J connectivity index is 2.16. The molecule has 92 valence electrons. The Hall–Kier alpha value is -1.93.